The maximum Gasteiger partial charge on any atom is 0.251 e. The Labute approximate surface area is 122 Å². The number of nitrogens with zero attached hydrogens (tertiary/aromatic N) is 1. The smallest absolute Gasteiger partial charge is 0.251 e. The predicted octanol–water partition coefficient (Wildman–Crippen LogP) is 2.57. The molecule has 0 aliphatic carbocycles. The SMILES string of the molecule is Cc1cc(=O)[nH]c(SC(c2ccccc2C)C(C)N)n1. The fourth-order valence-electron chi connectivity index (χ4n) is 2.09. The number of aromatic amines is 1. The first-order chi connectivity index (χ1) is 9.47. The molecule has 0 amide bonds. The van der Waals surface area contributed by atoms with Crippen LogP contribution in [0.25, 0.3) is 0 Å². The Morgan fingerprint density at radius 3 is 2.60 bits per heavy atom. The van der Waals surface area contributed by atoms with Crippen molar-refractivity contribution in [2.45, 2.75) is 37.2 Å². The molecule has 2 rings (SSSR count). The van der Waals surface area contributed by atoms with Crippen molar-refractivity contribution in [1.82, 2.24) is 9.97 Å². The lowest BCUT2D eigenvalue weighted by Gasteiger charge is -2.22. The summed E-state index contributed by atoms with van der Waals surface area (Å²) in [5.74, 6) is 0. The standard InChI is InChI=1S/C15H19N3OS/c1-9-6-4-5-7-12(9)14(11(3)16)20-15-17-10(2)8-13(19)18-15/h4-8,11,14H,16H2,1-3H3,(H,17,18,19). The van der Waals surface area contributed by atoms with E-state index in [1.165, 1.54) is 29.0 Å². The minimum atomic E-state index is -0.131. The molecular formula is C15H19N3OS. The lowest BCUT2D eigenvalue weighted by atomic mass is 10.0. The van der Waals surface area contributed by atoms with Gasteiger partial charge in [0.05, 0.1) is 5.25 Å². The van der Waals surface area contributed by atoms with Crippen LogP contribution in [0, 0.1) is 13.8 Å². The topological polar surface area (TPSA) is 71.8 Å². The molecule has 0 aliphatic rings. The van der Waals surface area contributed by atoms with E-state index in [1.807, 2.05) is 26.0 Å². The van der Waals surface area contributed by atoms with Gasteiger partial charge in [-0.2, -0.15) is 0 Å². The second-order valence-electron chi connectivity index (χ2n) is 4.95. The Hall–Kier alpha value is -1.59. The summed E-state index contributed by atoms with van der Waals surface area (Å²) >= 11 is 1.50. The predicted molar refractivity (Wildman–Crippen MR) is 83.0 cm³/mol. The number of nitrogens with two attached hydrogens (primary N) is 1. The lowest BCUT2D eigenvalue weighted by molar-refractivity contribution is 0.713. The van der Waals surface area contributed by atoms with Crippen LogP contribution in [-0.2, 0) is 0 Å². The molecule has 2 aromatic rings. The summed E-state index contributed by atoms with van der Waals surface area (Å²) < 4.78 is 0. The summed E-state index contributed by atoms with van der Waals surface area (Å²) in [6.45, 7) is 5.85. The molecule has 0 radical (unpaired) electrons. The van der Waals surface area contributed by atoms with Crippen molar-refractivity contribution in [2.75, 3.05) is 0 Å². The van der Waals surface area contributed by atoms with E-state index in [1.54, 1.807) is 0 Å². The van der Waals surface area contributed by atoms with Crippen LogP contribution in [0.5, 0.6) is 0 Å². The van der Waals surface area contributed by atoms with Crippen molar-refractivity contribution in [3.63, 3.8) is 0 Å². The van der Waals surface area contributed by atoms with Gasteiger partial charge in [-0.1, -0.05) is 36.0 Å². The fraction of sp³-hybridized carbons (Fsp3) is 0.333. The van der Waals surface area contributed by atoms with E-state index >= 15 is 0 Å². The van der Waals surface area contributed by atoms with Crippen LogP contribution in [0.1, 0.15) is 29.0 Å². The van der Waals surface area contributed by atoms with E-state index in [2.05, 4.69) is 29.0 Å². The Kier molecular flexibility index (Phi) is 4.62. The van der Waals surface area contributed by atoms with E-state index in [9.17, 15) is 4.79 Å². The second-order valence-corrected chi connectivity index (χ2v) is 6.08. The molecule has 1 aromatic heterocycles. The van der Waals surface area contributed by atoms with E-state index < -0.39 is 0 Å². The maximum atomic E-state index is 11.5. The number of thioether (sulfide) groups is 1. The largest absolute Gasteiger partial charge is 0.327 e. The van der Waals surface area contributed by atoms with Crippen molar-refractivity contribution in [2.24, 2.45) is 5.73 Å². The summed E-state index contributed by atoms with van der Waals surface area (Å²) in [5.41, 5.74) is 9.07. The zero-order chi connectivity index (χ0) is 14.7. The van der Waals surface area contributed by atoms with Gasteiger partial charge in [0.25, 0.3) is 5.56 Å². The van der Waals surface area contributed by atoms with Crippen LogP contribution in [-0.4, -0.2) is 16.0 Å². The van der Waals surface area contributed by atoms with Gasteiger partial charge in [-0.05, 0) is 31.9 Å². The van der Waals surface area contributed by atoms with Gasteiger partial charge in [0.15, 0.2) is 5.16 Å². The van der Waals surface area contributed by atoms with E-state index in [4.69, 9.17) is 5.73 Å². The van der Waals surface area contributed by atoms with Gasteiger partial charge in [0.2, 0.25) is 0 Å². The Balaban J connectivity index is 2.35. The van der Waals surface area contributed by atoms with Crippen molar-refractivity contribution in [3.05, 3.63) is 57.5 Å². The molecule has 2 unspecified atom stereocenters. The highest BCUT2D eigenvalue weighted by atomic mass is 32.2. The molecule has 4 nitrogen and oxygen atoms in total. The van der Waals surface area contributed by atoms with Crippen LogP contribution >= 0.6 is 11.8 Å². The van der Waals surface area contributed by atoms with Crippen LogP contribution < -0.4 is 11.3 Å². The zero-order valence-electron chi connectivity index (χ0n) is 11.9. The highest BCUT2D eigenvalue weighted by Gasteiger charge is 2.20. The Morgan fingerprint density at radius 1 is 1.30 bits per heavy atom. The number of rotatable bonds is 4. The molecule has 0 bridgehead atoms. The van der Waals surface area contributed by atoms with Crippen molar-refractivity contribution in [3.8, 4) is 0 Å². The van der Waals surface area contributed by atoms with Crippen molar-refractivity contribution >= 4 is 11.8 Å². The van der Waals surface area contributed by atoms with Crippen LogP contribution in [0.3, 0.4) is 0 Å². The number of nitrogens with one attached hydrogen (secondary N) is 1. The van der Waals surface area contributed by atoms with E-state index in [-0.39, 0.29) is 16.9 Å². The first-order valence-corrected chi connectivity index (χ1v) is 7.41. The van der Waals surface area contributed by atoms with Gasteiger partial charge < -0.3 is 10.7 Å². The highest BCUT2D eigenvalue weighted by molar-refractivity contribution is 7.99. The molecule has 0 saturated heterocycles. The summed E-state index contributed by atoms with van der Waals surface area (Å²) in [4.78, 5) is 18.7. The average molecular weight is 289 g/mol. The summed E-state index contributed by atoms with van der Waals surface area (Å²) in [5, 5.41) is 0.668. The van der Waals surface area contributed by atoms with Crippen molar-refractivity contribution in [1.29, 1.82) is 0 Å². The minimum absolute atomic E-state index is 0.0492. The number of benzene rings is 1. The molecule has 0 aliphatic heterocycles. The number of hydrogen-bond donors (Lipinski definition) is 2. The third kappa shape index (κ3) is 3.49. The van der Waals surface area contributed by atoms with Crippen molar-refractivity contribution < 1.29 is 0 Å². The summed E-state index contributed by atoms with van der Waals surface area (Å²) in [6.07, 6.45) is 0. The molecule has 0 fully saturated rings. The van der Waals surface area contributed by atoms with Gasteiger partial charge in [-0.25, -0.2) is 4.98 Å². The molecule has 0 spiro atoms. The van der Waals surface area contributed by atoms with Crippen LogP contribution in [0.15, 0.2) is 40.3 Å². The van der Waals surface area contributed by atoms with Gasteiger partial charge in [-0.3, -0.25) is 4.79 Å². The first kappa shape index (κ1) is 14.8. The summed E-state index contributed by atoms with van der Waals surface area (Å²) in [6, 6.07) is 9.59. The van der Waals surface area contributed by atoms with Gasteiger partial charge in [0, 0.05) is 17.8 Å². The van der Waals surface area contributed by atoms with E-state index in [0.29, 0.717) is 10.9 Å². The fourth-order valence-corrected chi connectivity index (χ4v) is 3.29. The molecule has 106 valence electrons. The molecule has 2 atom stereocenters. The van der Waals surface area contributed by atoms with Crippen LogP contribution in [0.2, 0.25) is 0 Å². The first-order valence-electron chi connectivity index (χ1n) is 6.53. The minimum Gasteiger partial charge on any atom is -0.327 e. The van der Waals surface area contributed by atoms with Crippen LogP contribution in [0.4, 0.5) is 0 Å². The molecule has 20 heavy (non-hydrogen) atoms. The van der Waals surface area contributed by atoms with Gasteiger partial charge in [0.1, 0.15) is 0 Å². The third-order valence-electron chi connectivity index (χ3n) is 3.06. The number of H-pyrrole nitrogens is 1. The molecule has 5 heteroatoms. The molecular weight excluding hydrogens is 270 g/mol. The normalized spacial score (nSPS) is 14.0. The quantitative estimate of drug-likeness (QED) is 0.670. The average Bonchev–Trinajstić information content (AvgIpc) is 2.35. The van der Waals surface area contributed by atoms with E-state index in [0.717, 1.165) is 0 Å². The Bertz CT molecular complexity index is 652. The second kappa shape index (κ2) is 6.24. The molecule has 3 N–H and O–H groups in total. The third-order valence-corrected chi connectivity index (χ3v) is 4.41. The number of aromatic nitrogens is 2. The Morgan fingerprint density at radius 2 is 2.00 bits per heavy atom. The monoisotopic (exact) mass is 289 g/mol. The van der Waals surface area contributed by atoms with Gasteiger partial charge in [-0.15, -0.1) is 0 Å². The highest BCUT2D eigenvalue weighted by Crippen LogP contribution is 2.36. The number of hydrogen-bond acceptors (Lipinski definition) is 4. The molecule has 1 heterocycles. The number of aryl methyl sites for hydroxylation is 2. The molecule has 0 saturated carbocycles. The zero-order valence-corrected chi connectivity index (χ0v) is 12.7. The lowest BCUT2D eigenvalue weighted by Crippen LogP contribution is -2.24. The van der Waals surface area contributed by atoms with Gasteiger partial charge >= 0.3 is 0 Å². The summed E-state index contributed by atoms with van der Waals surface area (Å²) in [7, 11) is 0. The maximum absolute atomic E-state index is 11.5. The molecule has 1 aromatic carbocycles.